The number of ketones is 1. The summed E-state index contributed by atoms with van der Waals surface area (Å²) in [5.41, 5.74) is 6.51. The van der Waals surface area contributed by atoms with Crippen LogP contribution in [-0.2, 0) is 0 Å². The van der Waals surface area contributed by atoms with E-state index in [2.05, 4.69) is 25.3 Å². The van der Waals surface area contributed by atoms with Crippen LogP contribution >= 0.6 is 0 Å². The molecule has 0 atom stereocenters. The molecule has 0 bridgehead atoms. The highest BCUT2D eigenvalue weighted by Crippen LogP contribution is 2.30. The maximum atomic E-state index is 11.7. The van der Waals surface area contributed by atoms with Crippen molar-refractivity contribution >= 4 is 34.6 Å². The van der Waals surface area contributed by atoms with Crippen molar-refractivity contribution in [1.82, 2.24) is 19.9 Å². The third-order valence-corrected chi connectivity index (χ3v) is 3.14. The largest absolute Gasteiger partial charge is 0.444 e. The second-order valence-corrected chi connectivity index (χ2v) is 4.61. The zero-order chi connectivity index (χ0) is 15.9. The smallest absolute Gasteiger partial charge is 0.255 e. The molecule has 3 rings (SSSR count). The van der Waals surface area contributed by atoms with Crippen molar-refractivity contribution in [3.05, 3.63) is 29.5 Å². The molecule has 0 saturated heterocycles. The SMILES string of the molecule is CC(=O)c1c(C)oc(Nc2ncnc3nc[nH]c23)c1C(N)=O. The molecule has 3 aromatic heterocycles. The van der Waals surface area contributed by atoms with Gasteiger partial charge >= 0.3 is 0 Å². The van der Waals surface area contributed by atoms with Crippen LogP contribution in [0.15, 0.2) is 17.1 Å². The molecule has 22 heavy (non-hydrogen) atoms. The highest BCUT2D eigenvalue weighted by molar-refractivity contribution is 6.10. The summed E-state index contributed by atoms with van der Waals surface area (Å²) in [6, 6.07) is 0. The van der Waals surface area contributed by atoms with Gasteiger partial charge < -0.3 is 20.5 Å². The molecule has 0 fully saturated rings. The summed E-state index contributed by atoms with van der Waals surface area (Å²) in [5.74, 6) is -0.353. The highest BCUT2D eigenvalue weighted by Gasteiger charge is 2.25. The molecule has 4 N–H and O–H groups in total. The first-order chi connectivity index (χ1) is 10.5. The number of nitrogens with zero attached hydrogens (tertiary/aromatic N) is 3. The third-order valence-electron chi connectivity index (χ3n) is 3.14. The van der Waals surface area contributed by atoms with E-state index in [1.54, 1.807) is 6.92 Å². The van der Waals surface area contributed by atoms with Gasteiger partial charge in [0.05, 0.1) is 11.9 Å². The fourth-order valence-corrected chi connectivity index (χ4v) is 2.26. The van der Waals surface area contributed by atoms with Crippen molar-refractivity contribution in [3.8, 4) is 0 Å². The number of carbonyl (C=O) groups is 2. The molecule has 0 spiro atoms. The van der Waals surface area contributed by atoms with E-state index in [0.717, 1.165) is 0 Å². The van der Waals surface area contributed by atoms with E-state index in [-0.39, 0.29) is 22.8 Å². The summed E-state index contributed by atoms with van der Waals surface area (Å²) in [4.78, 5) is 38.3. The van der Waals surface area contributed by atoms with Gasteiger partial charge in [-0.1, -0.05) is 0 Å². The van der Waals surface area contributed by atoms with Crippen LogP contribution in [-0.4, -0.2) is 31.6 Å². The average molecular weight is 300 g/mol. The number of aryl methyl sites for hydroxylation is 1. The van der Waals surface area contributed by atoms with Gasteiger partial charge in [-0.3, -0.25) is 9.59 Å². The van der Waals surface area contributed by atoms with Crippen LogP contribution in [0.1, 0.15) is 33.4 Å². The number of H-pyrrole nitrogens is 1. The summed E-state index contributed by atoms with van der Waals surface area (Å²) in [6.45, 7) is 2.92. The number of carbonyl (C=O) groups excluding carboxylic acids is 2. The molecule has 3 aromatic rings. The molecule has 0 aliphatic rings. The van der Waals surface area contributed by atoms with E-state index in [1.165, 1.54) is 19.6 Å². The van der Waals surface area contributed by atoms with Gasteiger partial charge in [0.1, 0.15) is 23.2 Å². The summed E-state index contributed by atoms with van der Waals surface area (Å²) < 4.78 is 5.47. The monoisotopic (exact) mass is 300 g/mol. The van der Waals surface area contributed by atoms with Crippen LogP contribution in [0.3, 0.4) is 0 Å². The van der Waals surface area contributed by atoms with Crippen LogP contribution in [0.4, 0.5) is 11.7 Å². The first kappa shape index (κ1) is 13.7. The number of furan rings is 1. The minimum absolute atomic E-state index is 0.00345. The first-order valence-corrected chi connectivity index (χ1v) is 6.34. The molecule has 0 saturated carbocycles. The topological polar surface area (TPSA) is 140 Å². The predicted molar refractivity (Wildman–Crippen MR) is 76.9 cm³/mol. The Morgan fingerprint density at radius 1 is 1.27 bits per heavy atom. The summed E-state index contributed by atoms with van der Waals surface area (Å²) in [5, 5.41) is 2.86. The Bertz CT molecular complexity index is 894. The third kappa shape index (κ3) is 2.08. The van der Waals surface area contributed by atoms with Gasteiger partial charge in [0.25, 0.3) is 5.91 Å². The van der Waals surface area contributed by atoms with Gasteiger partial charge in [0.15, 0.2) is 17.2 Å². The number of anilines is 2. The zero-order valence-corrected chi connectivity index (χ0v) is 11.8. The first-order valence-electron chi connectivity index (χ1n) is 6.34. The number of hydrogen-bond acceptors (Lipinski definition) is 7. The molecule has 9 nitrogen and oxygen atoms in total. The number of Topliss-reactive ketones (excluding diaryl/α,β-unsaturated/α-hetero) is 1. The quantitative estimate of drug-likeness (QED) is 0.617. The van der Waals surface area contributed by atoms with Gasteiger partial charge in [-0.2, -0.15) is 0 Å². The fourth-order valence-electron chi connectivity index (χ4n) is 2.26. The summed E-state index contributed by atoms with van der Waals surface area (Å²) in [6.07, 6.45) is 2.78. The van der Waals surface area contributed by atoms with Crippen LogP contribution in [0.2, 0.25) is 0 Å². The summed E-state index contributed by atoms with van der Waals surface area (Å²) >= 11 is 0. The number of aromatic amines is 1. The standard InChI is InChI=1S/C13H12N6O3/c1-5(20)7-6(2)22-13(8(7)10(14)21)19-12-9-11(16-3-15-9)17-4-18-12/h3-4H,1-2H3,(H2,14,21)(H2,15,16,17,18,19). The highest BCUT2D eigenvalue weighted by atomic mass is 16.4. The van der Waals surface area contributed by atoms with E-state index in [0.29, 0.717) is 22.7 Å². The lowest BCUT2D eigenvalue weighted by molar-refractivity contribution is 0.0974. The normalized spacial score (nSPS) is 10.8. The molecule has 0 aliphatic carbocycles. The van der Waals surface area contributed by atoms with E-state index < -0.39 is 5.91 Å². The molecule has 112 valence electrons. The van der Waals surface area contributed by atoms with Gasteiger partial charge in [0, 0.05) is 0 Å². The van der Waals surface area contributed by atoms with Crippen molar-refractivity contribution in [1.29, 1.82) is 0 Å². The minimum atomic E-state index is -0.764. The van der Waals surface area contributed by atoms with E-state index in [9.17, 15) is 9.59 Å². The minimum Gasteiger partial charge on any atom is -0.444 e. The van der Waals surface area contributed by atoms with Gasteiger partial charge in [0.2, 0.25) is 5.88 Å². The Morgan fingerprint density at radius 2 is 2.05 bits per heavy atom. The molecule has 0 unspecified atom stereocenters. The predicted octanol–water partition coefficient (Wildman–Crippen LogP) is 1.30. The van der Waals surface area contributed by atoms with E-state index in [1.807, 2.05) is 0 Å². The number of nitrogens with two attached hydrogens (primary N) is 1. The lowest BCUT2D eigenvalue weighted by Gasteiger charge is -2.04. The molecule has 1 amide bonds. The maximum absolute atomic E-state index is 11.7. The lowest BCUT2D eigenvalue weighted by atomic mass is 10.1. The van der Waals surface area contributed by atoms with Gasteiger partial charge in [-0.05, 0) is 13.8 Å². The summed E-state index contributed by atoms with van der Waals surface area (Å²) in [7, 11) is 0. The van der Waals surface area contributed by atoms with Gasteiger partial charge in [-0.15, -0.1) is 0 Å². The Kier molecular flexibility index (Phi) is 3.09. The fraction of sp³-hybridized carbons (Fsp3) is 0.154. The number of hydrogen-bond donors (Lipinski definition) is 3. The Labute approximate surface area is 124 Å². The molecule has 3 heterocycles. The van der Waals surface area contributed by atoms with Crippen LogP contribution in [0, 0.1) is 6.92 Å². The van der Waals surface area contributed by atoms with E-state index >= 15 is 0 Å². The number of amides is 1. The molecule has 0 aliphatic heterocycles. The number of nitrogens with one attached hydrogen (secondary N) is 2. The number of fused-ring (bicyclic) bond motifs is 1. The maximum Gasteiger partial charge on any atom is 0.255 e. The zero-order valence-electron chi connectivity index (χ0n) is 11.8. The second kappa shape index (κ2) is 4.95. The van der Waals surface area contributed by atoms with Gasteiger partial charge in [-0.25, -0.2) is 15.0 Å². The van der Waals surface area contributed by atoms with Crippen molar-refractivity contribution in [2.24, 2.45) is 5.73 Å². The van der Waals surface area contributed by atoms with E-state index in [4.69, 9.17) is 10.2 Å². The molecule has 9 heteroatoms. The molecular formula is C13H12N6O3. The van der Waals surface area contributed by atoms with Crippen molar-refractivity contribution in [3.63, 3.8) is 0 Å². The van der Waals surface area contributed by atoms with Crippen molar-refractivity contribution in [2.45, 2.75) is 13.8 Å². The number of aromatic nitrogens is 4. The number of rotatable bonds is 4. The molecule has 0 aromatic carbocycles. The average Bonchev–Trinajstić information content (AvgIpc) is 3.03. The molecular weight excluding hydrogens is 288 g/mol. The van der Waals surface area contributed by atoms with Crippen LogP contribution in [0.25, 0.3) is 11.2 Å². The number of imidazole rings is 1. The van der Waals surface area contributed by atoms with Crippen molar-refractivity contribution < 1.29 is 14.0 Å². The lowest BCUT2D eigenvalue weighted by Crippen LogP contribution is -2.16. The second-order valence-electron chi connectivity index (χ2n) is 4.61. The molecule has 0 radical (unpaired) electrons. The number of primary amides is 1. The van der Waals surface area contributed by atoms with Crippen molar-refractivity contribution in [2.75, 3.05) is 5.32 Å². The van der Waals surface area contributed by atoms with Crippen LogP contribution < -0.4 is 11.1 Å². The van der Waals surface area contributed by atoms with Crippen LogP contribution in [0.5, 0.6) is 0 Å². The Balaban J connectivity index is 2.13. The Hall–Kier alpha value is -3.23. The Morgan fingerprint density at radius 3 is 2.73 bits per heavy atom.